The standard InChI is InChI=1S/C19H24N2O3/c1-2-13-7-9-19(10-8-13,18(23)24)21-17(22)11-14-12-20-16-6-4-3-5-15(14)16/h3-6,12-13,20H,2,7-11H2,1H3,(H,21,22)(H,23,24). The first-order valence-electron chi connectivity index (χ1n) is 8.63. The number of benzene rings is 1. The number of carboxylic acids is 1. The second kappa shape index (κ2) is 6.67. The molecule has 1 heterocycles. The number of fused-ring (bicyclic) bond motifs is 1. The van der Waals surface area contributed by atoms with Crippen molar-refractivity contribution in [2.24, 2.45) is 5.92 Å². The Hall–Kier alpha value is -2.30. The molecule has 1 aromatic carbocycles. The first kappa shape index (κ1) is 16.6. The Labute approximate surface area is 141 Å². The van der Waals surface area contributed by atoms with Crippen LogP contribution in [0.25, 0.3) is 10.9 Å². The smallest absolute Gasteiger partial charge is 0.329 e. The molecule has 1 aliphatic carbocycles. The van der Waals surface area contributed by atoms with Gasteiger partial charge in [-0.3, -0.25) is 4.79 Å². The summed E-state index contributed by atoms with van der Waals surface area (Å²) in [5.41, 5.74) is 0.775. The van der Waals surface area contributed by atoms with Crippen LogP contribution in [-0.4, -0.2) is 27.5 Å². The molecule has 0 saturated heterocycles. The summed E-state index contributed by atoms with van der Waals surface area (Å²) in [5.74, 6) is -0.565. The van der Waals surface area contributed by atoms with E-state index < -0.39 is 11.5 Å². The monoisotopic (exact) mass is 328 g/mol. The van der Waals surface area contributed by atoms with Crippen molar-refractivity contribution in [2.75, 3.05) is 0 Å². The van der Waals surface area contributed by atoms with E-state index in [9.17, 15) is 14.7 Å². The molecule has 5 heteroatoms. The number of hydrogen-bond acceptors (Lipinski definition) is 2. The molecule has 2 aromatic rings. The van der Waals surface area contributed by atoms with Crippen LogP contribution in [0.1, 0.15) is 44.6 Å². The second-order valence-corrected chi connectivity index (χ2v) is 6.82. The fraction of sp³-hybridized carbons (Fsp3) is 0.474. The largest absolute Gasteiger partial charge is 0.480 e. The van der Waals surface area contributed by atoms with E-state index in [-0.39, 0.29) is 12.3 Å². The van der Waals surface area contributed by atoms with E-state index in [1.165, 1.54) is 0 Å². The molecule has 1 amide bonds. The van der Waals surface area contributed by atoms with Crippen LogP contribution in [0.5, 0.6) is 0 Å². The molecular weight excluding hydrogens is 304 g/mol. The number of amides is 1. The van der Waals surface area contributed by atoms with Crippen molar-refractivity contribution < 1.29 is 14.7 Å². The van der Waals surface area contributed by atoms with Gasteiger partial charge in [0, 0.05) is 17.1 Å². The molecule has 0 bridgehead atoms. The zero-order chi connectivity index (χ0) is 17.2. The number of carbonyl (C=O) groups is 2. The van der Waals surface area contributed by atoms with Gasteiger partial charge in [-0.15, -0.1) is 0 Å². The number of aromatic nitrogens is 1. The Morgan fingerprint density at radius 2 is 2.00 bits per heavy atom. The van der Waals surface area contributed by atoms with E-state index in [2.05, 4.69) is 17.2 Å². The summed E-state index contributed by atoms with van der Waals surface area (Å²) in [4.78, 5) is 27.4. The molecule has 0 atom stereocenters. The highest BCUT2D eigenvalue weighted by Crippen LogP contribution is 2.34. The van der Waals surface area contributed by atoms with Crippen LogP contribution in [0.4, 0.5) is 0 Å². The lowest BCUT2D eigenvalue weighted by molar-refractivity contribution is -0.149. The zero-order valence-electron chi connectivity index (χ0n) is 14.0. The number of carbonyl (C=O) groups excluding carboxylic acids is 1. The SMILES string of the molecule is CCC1CCC(NC(=O)Cc2c[nH]c3ccccc23)(C(=O)O)CC1. The van der Waals surface area contributed by atoms with Gasteiger partial charge in [-0.2, -0.15) is 0 Å². The minimum atomic E-state index is -1.10. The molecule has 0 aliphatic heterocycles. The molecule has 1 aromatic heterocycles. The summed E-state index contributed by atoms with van der Waals surface area (Å²) in [6.45, 7) is 2.13. The summed E-state index contributed by atoms with van der Waals surface area (Å²) >= 11 is 0. The number of carboxylic acid groups (broad SMARTS) is 1. The molecule has 0 spiro atoms. The maximum atomic E-state index is 12.5. The third kappa shape index (κ3) is 3.16. The van der Waals surface area contributed by atoms with Crippen LogP contribution >= 0.6 is 0 Å². The van der Waals surface area contributed by atoms with Gasteiger partial charge in [-0.05, 0) is 43.2 Å². The molecule has 3 N–H and O–H groups in total. The molecule has 1 fully saturated rings. The highest BCUT2D eigenvalue weighted by Gasteiger charge is 2.42. The van der Waals surface area contributed by atoms with Crippen molar-refractivity contribution in [3.8, 4) is 0 Å². The quantitative estimate of drug-likeness (QED) is 0.788. The second-order valence-electron chi connectivity index (χ2n) is 6.82. The van der Waals surface area contributed by atoms with E-state index in [1.54, 1.807) is 0 Å². The maximum absolute atomic E-state index is 12.5. The number of H-pyrrole nitrogens is 1. The van der Waals surface area contributed by atoms with Gasteiger partial charge < -0.3 is 15.4 Å². The van der Waals surface area contributed by atoms with Gasteiger partial charge in [-0.1, -0.05) is 31.5 Å². The topological polar surface area (TPSA) is 82.2 Å². The number of hydrogen-bond donors (Lipinski definition) is 3. The molecule has 5 nitrogen and oxygen atoms in total. The third-order valence-corrected chi connectivity index (χ3v) is 5.35. The Bertz CT molecular complexity index is 742. The van der Waals surface area contributed by atoms with Gasteiger partial charge in [0.2, 0.25) is 5.91 Å². The van der Waals surface area contributed by atoms with Crippen LogP contribution < -0.4 is 5.32 Å². The van der Waals surface area contributed by atoms with Crippen molar-refractivity contribution in [1.82, 2.24) is 10.3 Å². The molecule has 3 rings (SSSR count). The fourth-order valence-electron chi connectivity index (χ4n) is 3.73. The molecule has 0 radical (unpaired) electrons. The summed E-state index contributed by atoms with van der Waals surface area (Å²) in [7, 11) is 0. The number of rotatable bonds is 5. The number of para-hydroxylation sites is 1. The lowest BCUT2D eigenvalue weighted by atomic mass is 9.75. The fourth-order valence-corrected chi connectivity index (χ4v) is 3.73. The highest BCUT2D eigenvalue weighted by atomic mass is 16.4. The maximum Gasteiger partial charge on any atom is 0.329 e. The number of aromatic amines is 1. The van der Waals surface area contributed by atoms with Crippen molar-refractivity contribution >= 4 is 22.8 Å². The van der Waals surface area contributed by atoms with Gasteiger partial charge >= 0.3 is 5.97 Å². The minimum Gasteiger partial charge on any atom is -0.480 e. The highest BCUT2D eigenvalue weighted by molar-refractivity contribution is 5.91. The van der Waals surface area contributed by atoms with E-state index in [0.29, 0.717) is 18.8 Å². The summed E-state index contributed by atoms with van der Waals surface area (Å²) in [5, 5.41) is 13.5. The van der Waals surface area contributed by atoms with Gasteiger partial charge in [0.05, 0.1) is 6.42 Å². The third-order valence-electron chi connectivity index (χ3n) is 5.35. The normalized spacial score (nSPS) is 24.0. The van der Waals surface area contributed by atoms with E-state index in [0.717, 1.165) is 35.7 Å². The number of aliphatic carboxylic acids is 1. The Kier molecular flexibility index (Phi) is 4.60. The molecule has 1 aliphatic rings. The predicted octanol–water partition coefficient (Wildman–Crippen LogP) is 3.25. The summed E-state index contributed by atoms with van der Waals surface area (Å²) < 4.78 is 0. The molecule has 128 valence electrons. The van der Waals surface area contributed by atoms with Gasteiger partial charge in [0.15, 0.2) is 0 Å². The van der Waals surface area contributed by atoms with Crippen molar-refractivity contribution in [1.29, 1.82) is 0 Å². The van der Waals surface area contributed by atoms with Crippen molar-refractivity contribution in [3.63, 3.8) is 0 Å². The Balaban J connectivity index is 1.71. The van der Waals surface area contributed by atoms with Gasteiger partial charge in [-0.25, -0.2) is 4.79 Å². The van der Waals surface area contributed by atoms with E-state index in [4.69, 9.17) is 0 Å². The molecule has 1 saturated carbocycles. The molecular formula is C19H24N2O3. The molecule has 0 unspecified atom stereocenters. The van der Waals surface area contributed by atoms with Crippen molar-refractivity contribution in [2.45, 2.75) is 51.0 Å². The van der Waals surface area contributed by atoms with Crippen LogP contribution in [0.2, 0.25) is 0 Å². The lowest BCUT2D eigenvalue weighted by Crippen LogP contribution is -2.56. The lowest BCUT2D eigenvalue weighted by Gasteiger charge is -2.37. The Morgan fingerprint density at radius 3 is 2.67 bits per heavy atom. The van der Waals surface area contributed by atoms with Crippen molar-refractivity contribution in [3.05, 3.63) is 36.0 Å². The Morgan fingerprint density at radius 1 is 1.29 bits per heavy atom. The van der Waals surface area contributed by atoms with E-state index >= 15 is 0 Å². The predicted molar refractivity (Wildman–Crippen MR) is 92.8 cm³/mol. The first-order valence-corrected chi connectivity index (χ1v) is 8.63. The zero-order valence-corrected chi connectivity index (χ0v) is 14.0. The molecule has 24 heavy (non-hydrogen) atoms. The van der Waals surface area contributed by atoms with Crippen LogP contribution in [-0.2, 0) is 16.0 Å². The summed E-state index contributed by atoms with van der Waals surface area (Å²) in [6, 6.07) is 7.80. The van der Waals surface area contributed by atoms with Gasteiger partial charge in [0.25, 0.3) is 0 Å². The average molecular weight is 328 g/mol. The number of nitrogens with one attached hydrogen (secondary N) is 2. The average Bonchev–Trinajstić information content (AvgIpc) is 2.98. The van der Waals surface area contributed by atoms with Crippen LogP contribution in [0.15, 0.2) is 30.5 Å². The minimum absolute atomic E-state index is 0.191. The van der Waals surface area contributed by atoms with E-state index in [1.807, 2.05) is 30.5 Å². The van der Waals surface area contributed by atoms with Gasteiger partial charge in [0.1, 0.15) is 5.54 Å². The summed E-state index contributed by atoms with van der Waals surface area (Å²) in [6.07, 6.45) is 5.83. The first-order chi connectivity index (χ1) is 11.5. The van der Waals surface area contributed by atoms with Crippen LogP contribution in [0, 0.1) is 5.92 Å². The van der Waals surface area contributed by atoms with Crippen LogP contribution in [0.3, 0.4) is 0 Å².